The third-order valence-corrected chi connectivity index (χ3v) is 2.01. The van der Waals surface area contributed by atoms with Crippen LogP contribution in [0.3, 0.4) is 0 Å². The van der Waals surface area contributed by atoms with Gasteiger partial charge in [-0.2, -0.15) is 0 Å². The molecule has 0 aliphatic heterocycles. The maximum absolute atomic E-state index is 11.5. The Morgan fingerprint density at radius 3 is 2.86 bits per heavy atom. The van der Waals surface area contributed by atoms with E-state index >= 15 is 0 Å². The molecule has 1 aromatic carbocycles. The van der Waals surface area contributed by atoms with E-state index in [-0.39, 0.29) is 11.3 Å². The van der Waals surface area contributed by atoms with Gasteiger partial charge in [-0.15, -0.1) is 0 Å². The fraction of sp³-hybridized carbons (Fsp3) is 0. The van der Waals surface area contributed by atoms with Crippen LogP contribution < -0.4 is 11.4 Å². The van der Waals surface area contributed by atoms with Gasteiger partial charge >= 0.3 is 0 Å². The summed E-state index contributed by atoms with van der Waals surface area (Å²) in [6.07, 6.45) is 1.40. The minimum absolute atomic E-state index is 0.270. The first-order valence-corrected chi connectivity index (χ1v) is 4.13. The standard InChI is InChI=1S/C10H9N3O/c1-2-7-10(14)13(11)9-6-4-3-5-8(9)12-7/h2-6H,1,11H2. The summed E-state index contributed by atoms with van der Waals surface area (Å²) in [6.45, 7) is 3.51. The Morgan fingerprint density at radius 2 is 2.14 bits per heavy atom. The lowest BCUT2D eigenvalue weighted by Crippen LogP contribution is -2.30. The zero-order valence-corrected chi connectivity index (χ0v) is 7.47. The Hall–Kier alpha value is -2.10. The van der Waals surface area contributed by atoms with Gasteiger partial charge in [0, 0.05) is 0 Å². The summed E-state index contributed by atoms with van der Waals surface area (Å²) in [5, 5.41) is 0. The number of nitrogen functional groups attached to an aromatic ring is 1. The van der Waals surface area contributed by atoms with Crippen LogP contribution in [0.15, 0.2) is 35.6 Å². The highest BCUT2D eigenvalue weighted by Gasteiger charge is 2.04. The van der Waals surface area contributed by atoms with E-state index in [9.17, 15) is 4.79 Å². The van der Waals surface area contributed by atoms with Gasteiger partial charge in [-0.05, 0) is 18.2 Å². The molecule has 14 heavy (non-hydrogen) atoms. The highest BCUT2D eigenvalue weighted by atomic mass is 16.1. The van der Waals surface area contributed by atoms with Crippen LogP contribution in [0.4, 0.5) is 0 Å². The molecule has 0 atom stereocenters. The molecule has 0 aliphatic carbocycles. The van der Waals surface area contributed by atoms with E-state index in [0.717, 1.165) is 4.68 Å². The van der Waals surface area contributed by atoms with Crippen molar-refractivity contribution in [3.05, 3.63) is 46.9 Å². The van der Waals surface area contributed by atoms with E-state index in [4.69, 9.17) is 5.84 Å². The number of rotatable bonds is 1. The summed E-state index contributed by atoms with van der Waals surface area (Å²) < 4.78 is 1.08. The van der Waals surface area contributed by atoms with E-state index in [1.54, 1.807) is 18.2 Å². The van der Waals surface area contributed by atoms with E-state index in [0.29, 0.717) is 11.0 Å². The quantitative estimate of drug-likeness (QED) is 0.670. The second kappa shape index (κ2) is 2.99. The van der Waals surface area contributed by atoms with E-state index in [1.165, 1.54) is 6.08 Å². The zero-order chi connectivity index (χ0) is 10.1. The minimum Gasteiger partial charge on any atom is -0.336 e. The van der Waals surface area contributed by atoms with Crippen LogP contribution >= 0.6 is 0 Å². The number of fused-ring (bicyclic) bond motifs is 1. The van der Waals surface area contributed by atoms with Gasteiger partial charge in [0.05, 0.1) is 11.0 Å². The highest BCUT2D eigenvalue weighted by Crippen LogP contribution is 2.07. The van der Waals surface area contributed by atoms with Crippen LogP contribution in [0.2, 0.25) is 0 Å². The Labute approximate surface area is 80.3 Å². The van der Waals surface area contributed by atoms with Crippen molar-refractivity contribution in [3.63, 3.8) is 0 Å². The first-order chi connectivity index (χ1) is 6.74. The molecule has 70 valence electrons. The van der Waals surface area contributed by atoms with Crippen molar-refractivity contribution in [2.75, 3.05) is 5.84 Å². The van der Waals surface area contributed by atoms with Crippen LogP contribution in [-0.2, 0) is 0 Å². The maximum atomic E-state index is 11.5. The lowest BCUT2D eigenvalue weighted by Gasteiger charge is -2.04. The van der Waals surface area contributed by atoms with Crippen molar-refractivity contribution < 1.29 is 0 Å². The third-order valence-electron chi connectivity index (χ3n) is 2.01. The Morgan fingerprint density at radius 1 is 1.43 bits per heavy atom. The van der Waals surface area contributed by atoms with Crippen molar-refractivity contribution in [1.29, 1.82) is 0 Å². The van der Waals surface area contributed by atoms with Crippen molar-refractivity contribution in [3.8, 4) is 0 Å². The molecule has 0 saturated carbocycles. The molecule has 0 spiro atoms. The van der Waals surface area contributed by atoms with Gasteiger partial charge in [0.1, 0.15) is 5.69 Å². The predicted molar refractivity (Wildman–Crippen MR) is 56.2 cm³/mol. The molecular formula is C10H9N3O. The molecule has 1 heterocycles. The van der Waals surface area contributed by atoms with Crippen LogP contribution in [0.25, 0.3) is 17.1 Å². The number of hydrogen-bond donors (Lipinski definition) is 1. The van der Waals surface area contributed by atoms with Gasteiger partial charge in [0.2, 0.25) is 0 Å². The SMILES string of the molecule is C=Cc1nc2ccccc2n(N)c1=O. The summed E-state index contributed by atoms with van der Waals surface area (Å²) >= 11 is 0. The van der Waals surface area contributed by atoms with Crippen LogP contribution in [0.5, 0.6) is 0 Å². The van der Waals surface area contributed by atoms with Gasteiger partial charge in [-0.3, -0.25) is 4.79 Å². The topological polar surface area (TPSA) is 60.9 Å². The number of nitrogens with two attached hydrogens (primary N) is 1. The van der Waals surface area contributed by atoms with E-state index in [1.807, 2.05) is 6.07 Å². The Bertz CT molecular complexity index is 557. The summed E-state index contributed by atoms with van der Waals surface area (Å²) in [7, 11) is 0. The van der Waals surface area contributed by atoms with Gasteiger partial charge in [-0.25, -0.2) is 9.66 Å². The van der Waals surface area contributed by atoms with E-state index in [2.05, 4.69) is 11.6 Å². The summed E-state index contributed by atoms with van der Waals surface area (Å²) in [4.78, 5) is 15.6. The molecule has 0 amide bonds. The van der Waals surface area contributed by atoms with Gasteiger partial charge in [0.15, 0.2) is 0 Å². The van der Waals surface area contributed by atoms with Crippen molar-refractivity contribution in [2.24, 2.45) is 0 Å². The lowest BCUT2D eigenvalue weighted by atomic mass is 10.3. The Balaban J connectivity index is 2.99. The van der Waals surface area contributed by atoms with Crippen LogP contribution in [0.1, 0.15) is 5.69 Å². The number of hydrogen-bond acceptors (Lipinski definition) is 3. The fourth-order valence-electron chi connectivity index (χ4n) is 1.31. The number of aromatic nitrogens is 2. The molecule has 2 rings (SSSR count). The molecule has 0 saturated heterocycles. The number of benzene rings is 1. The number of nitrogens with zero attached hydrogens (tertiary/aromatic N) is 2. The van der Waals surface area contributed by atoms with Gasteiger partial charge in [-0.1, -0.05) is 18.7 Å². The third kappa shape index (κ3) is 1.08. The van der Waals surface area contributed by atoms with Crippen molar-refractivity contribution >= 4 is 17.1 Å². The molecule has 1 aromatic heterocycles. The molecule has 0 radical (unpaired) electrons. The first-order valence-electron chi connectivity index (χ1n) is 4.13. The summed E-state index contributed by atoms with van der Waals surface area (Å²) in [5.41, 5.74) is 1.23. The Kier molecular flexibility index (Phi) is 1.81. The molecule has 0 bridgehead atoms. The zero-order valence-electron chi connectivity index (χ0n) is 7.47. The molecule has 4 heteroatoms. The molecule has 0 unspecified atom stereocenters. The average molecular weight is 187 g/mol. The monoisotopic (exact) mass is 187 g/mol. The molecule has 0 fully saturated rings. The molecule has 4 nitrogen and oxygen atoms in total. The highest BCUT2D eigenvalue weighted by molar-refractivity contribution is 5.75. The molecule has 2 N–H and O–H groups in total. The van der Waals surface area contributed by atoms with Crippen LogP contribution in [0, 0.1) is 0 Å². The normalized spacial score (nSPS) is 10.3. The fourth-order valence-corrected chi connectivity index (χ4v) is 1.31. The first kappa shape index (κ1) is 8.50. The van der Waals surface area contributed by atoms with E-state index < -0.39 is 0 Å². The molecule has 0 aliphatic rings. The smallest absolute Gasteiger partial charge is 0.295 e. The molecular weight excluding hydrogens is 178 g/mol. The largest absolute Gasteiger partial charge is 0.336 e. The van der Waals surface area contributed by atoms with Crippen molar-refractivity contribution in [1.82, 2.24) is 9.66 Å². The van der Waals surface area contributed by atoms with Gasteiger partial charge < -0.3 is 5.84 Å². The average Bonchev–Trinajstić information content (AvgIpc) is 2.23. The summed E-state index contributed by atoms with van der Waals surface area (Å²) in [6, 6.07) is 7.19. The maximum Gasteiger partial charge on any atom is 0.295 e. The lowest BCUT2D eigenvalue weighted by molar-refractivity contribution is 0.960. The molecule has 2 aromatic rings. The van der Waals surface area contributed by atoms with Gasteiger partial charge in [0.25, 0.3) is 5.56 Å². The summed E-state index contributed by atoms with van der Waals surface area (Å²) in [5.74, 6) is 5.61. The predicted octanol–water partition coefficient (Wildman–Crippen LogP) is 0.753. The number of para-hydroxylation sites is 2. The second-order valence-electron chi connectivity index (χ2n) is 2.87. The minimum atomic E-state index is -0.335. The van der Waals surface area contributed by atoms with Crippen LogP contribution in [-0.4, -0.2) is 9.66 Å². The second-order valence-corrected chi connectivity index (χ2v) is 2.87. The van der Waals surface area contributed by atoms with Crippen molar-refractivity contribution in [2.45, 2.75) is 0 Å².